The molecule has 2 rings (SSSR count). The van der Waals surface area contributed by atoms with E-state index in [9.17, 15) is 0 Å². The molecule has 0 spiro atoms. The Morgan fingerprint density at radius 2 is 2.29 bits per heavy atom. The van der Waals surface area contributed by atoms with Crippen LogP contribution in [-0.2, 0) is 13.6 Å². The van der Waals surface area contributed by atoms with Crippen LogP contribution in [0.4, 0.5) is 0 Å². The number of nitrogens with one attached hydrogen (secondary N) is 1. The third-order valence-corrected chi connectivity index (χ3v) is 4.16. The minimum atomic E-state index is 0.532. The fourth-order valence-corrected chi connectivity index (χ4v) is 3.06. The van der Waals surface area contributed by atoms with Gasteiger partial charge in [0, 0.05) is 25.8 Å². The lowest BCUT2D eigenvalue weighted by Crippen LogP contribution is -2.41. The lowest BCUT2D eigenvalue weighted by Gasteiger charge is -2.39. The molecular weight excluding hydrogens is 210 g/mol. The largest absolute Gasteiger partial charge is 0.308 e. The second-order valence-electron chi connectivity index (χ2n) is 6.32. The molecular formula is C14H25N3. The molecule has 3 nitrogen and oxygen atoms in total. The van der Waals surface area contributed by atoms with Gasteiger partial charge < -0.3 is 5.32 Å². The van der Waals surface area contributed by atoms with Gasteiger partial charge in [-0.25, -0.2) is 0 Å². The van der Waals surface area contributed by atoms with E-state index in [1.54, 1.807) is 0 Å². The average Bonchev–Trinajstić information content (AvgIpc) is 2.62. The monoisotopic (exact) mass is 235 g/mol. The molecule has 2 atom stereocenters. The minimum absolute atomic E-state index is 0.532. The van der Waals surface area contributed by atoms with Crippen LogP contribution in [0.2, 0.25) is 0 Å². The van der Waals surface area contributed by atoms with Gasteiger partial charge in [0.25, 0.3) is 0 Å². The molecule has 0 saturated heterocycles. The number of hydrogen-bond acceptors (Lipinski definition) is 2. The molecule has 1 aliphatic carbocycles. The summed E-state index contributed by atoms with van der Waals surface area (Å²) < 4.78 is 1.95. The zero-order chi connectivity index (χ0) is 12.5. The highest BCUT2D eigenvalue weighted by Gasteiger charge is 2.31. The number of rotatable bonds is 3. The standard InChI is InChI=1S/C14H25N3/c1-11-9-14(2,3)7-5-13(11)15-10-12-6-8-16-17(12)4/h6,8,11,13,15H,5,7,9-10H2,1-4H3. The van der Waals surface area contributed by atoms with Gasteiger partial charge in [-0.1, -0.05) is 20.8 Å². The van der Waals surface area contributed by atoms with E-state index >= 15 is 0 Å². The van der Waals surface area contributed by atoms with E-state index in [2.05, 4.69) is 37.3 Å². The molecule has 1 aromatic heterocycles. The maximum absolute atomic E-state index is 4.20. The molecule has 1 aromatic rings. The van der Waals surface area contributed by atoms with Gasteiger partial charge in [-0.3, -0.25) is 4.68 Å². The van der Waals surface area contributed by atoms with Crippen LogP contribution in [0.15, 0.2) is 12.3 Å². The molecule has 96 valence electrons. The predicted octanol–water partition coefficient (Wildman–Crippen LogP) is 2.72. The zero-order valence-electron chi connectivity index (χ0n) is 11.5. The Labute approximate surface area is 105 Å². The Kier molecular flexibility index (Phi) is 3.57. The molecule has 3 heteroatoms. The molecule has 0 bridgehead atoms. The van der Waals surface area contributed by atoms with Crippen LogP contribution < -0.4 is 5.32 Å². The average molecular weight is 235 g/mol. The summed E-state index contributed by atoms with van der Waals surface area (Å²) in [5.74, 6) is 0.770. The van der Waals surface area contributed by atoms with E-state index in [0.29, 0.717) is 11.5 Å². The van der Waals surface area contributed by atoms with Gasteiger partial charge in [0.05, 0.1) is 5.69 Å². The van der Waals surface area contributed by atoms with E-state index in [0.717, 1.165) is 12.5 Å². The Morgan fingerprint density at radius 3 is 2.88 bits per heavy atom. The van der Waals surface area contributed by atoms with Crippen molar-refractivity contribution in [2.45, 2.75) is 52.6 Å². The van der Waals surface area contributed by atoms with Gasteiger partial charge in [-0.05, 0) is 36.7 Å². The van der Waals surface area contributed by atoms with Crippen molar-refractivity contribution in [2.24, 2.45) is 18.4 Å². The lowest BCUT2D eigenvalue weighted by atomic mass is 9.70. The summed E-state index contributed by atoms with van der Waals surface area (Å²) in [6.07, 6.45) is 5.83. The first kappa shape index (κ1) is 12.6. The summed E-state index contributed by atoms with van der Waals surface area (Å²) in [6, 6.07) is 2.75. The fourth-order valence-electron chi connectivity index (χ4n) is 3.06. The third-order valence-electron chi connectivity index (χ3n) is 4.16. The summed E-state index contributed by atoms with van der Waals surface area (Å²) in [5, 5.41) is 7.89. The van der Waals surface area contributed by atoms with Gasteiger partial charge >= 0.3 is 0 Å². The molecule has 0 aromatic carbocycles. The molecule has 17 heavy (non-hydrogen) atoms. The van der Waals surface area contributed by atoms with Crippen molar-refractivity contribution in [3.05, 3.63) is 18.0 Å². The molecule has 1 fully saturated rings. The Balaban J connectivity index is 1.86. The molecule has 1 N–H and O–H groups in total. The summed E-state index contributed by atoms with van der Waals surface area (Å²) in [5.41, 5.74) is 1.80. The molecule has 2 unspecified atom stereocenters. The van der Waals surface area contributed by atoms with Gasteiger partial charge in [-0.15, -0.1) is 0 Å². The van der Waals surface area contributed by atoms with E-state index in [1.807, 2.05) is 17.9 Å². The molecule has 0 amide bonds. The molecule has 1 aliphatic rings. The van der Waals surface area contributed by atoms with Crippen LogP contribution in [0.25, 0.3) is 0 Å². The number of aryl methyl sites for hydroxylation is 1. The van der Waals surface area contributed by atoms with Crippen LogP contribution >= 0.6 is 0 Å². The van der Waals surface area contributed by atoms with Crippen LogP contribution in [0.3, 0.4) is 0 Å². The topological polar surface area (TPSA) is 29.9 Å². The van der Waals surface area contributed by atoms with Gasteiger partial charge in [0.2, 0.25) is 0 Å². The number of nitrogens with zero attached hydrogens (tertiary/aromatic N) is 2. The smallest absolute Gasteiger partial charge is 0.0518 e. The molecule has 1 saturated carbocycles. The van der Waals surface area contributed by atoms with Crippen molar-refractivity contribution in [1.82, 2.24) is 15.1 Å². The van der Waals surface area contributed by atoms with Crippen molar-refractivity contribution >= 4 is 0 Å². The second-order valence-corrected chi connectivity index (χ2v) is 6.32. The SMILES string of the molecule is CC1CC(C)(C)CCC1NCc1ccnn1C. The van der Waals surface area contributed by atoms with Crippen molar-refractivity contribution in [2.75, 3.05) is 0 Å². The Bertz CT molecular complexity index is 367. The molecule has 0 aliphatic heterocycles. The highest BCUT2D eigenvalue weighted by atomic mass is 15.3. The van der Waals surface area contributed by atoms with Crippen LogP contribution in [0.1, 0.15) is 45.7 Å². The van der Waals surface area contributed by atoms with Gasteiger partial charge in [0.15, 0.2) is 0 Å². The molecule has 0 radical (unpaired) electrons. The summed E-state index contributed by atoms with van der Waals surface area (Å²) in [6.45, 7) is 8.09. The third kappa shape index (κ3) is 3.09. The van der Waals surface area contributed by atoms with E-state index in [1.165, 1.54) is 25.0 Å². The van der Waals surface area contributed by atoms with Crippen LogP contribution in [0, 0.1) is 11.3 Å². The second kappa shape index (κ2) is 4.81. The van der Waals surface area contributed by atoms with E-state index < -0.39 is 0 Å². The first-order valence-electron chi connectivity index (χ1n) is 6.68. The molecule has 1 heterocycles. The summed E-state index contributed by atoms with van der Waals surface area (Å²) in [4.78, 5) is 0. The predicted molar refractivity (Wildman–Crippen MR) is 70.6 cm³/mol. The number of aromatic nitrogens is 2. The first-order valence-corrected chi connectivity index (χ1v) is 6.68. The quantitative estimate of drug-likeness (QED) is 0.873. The summed E-state index contributed by atoms with van der Waals surface area (Å²) in [7, 11) is 2.00. The summed E-state index contributed by atoms with van der Waals surface area (Å²) >= 11 is 0. The van der Waals surface area contributed by atoms with Crippen molar-refractivity contribution < 1.29 is 0 Å². The van der Waals surface area contributed by atoms with Gasteiger partial charge in [0.1, 0.15) is 0 Å². The maximum atomic E-state index is 4.20. The highest BCUT2D eigenvalue weighted by molar-refractivity contribution is 5.00. The normalized spacial score (nSPS) is 28.2. The van der Waals surface area contributed by atoms with E-state index in [4.69, 9.17) is 0 Å². The highest BCUT2D eigenvalue weighted by Crippen LogP contribution is 2.38. The Hall–Kier alpha value is -0.830. The fraction of sp³-hybridized carbons (Fsp3) is 0.786. The van der Waals surface area contributed by atoms with Crippen molar-refractivity contribution in [1.29, 1.82) is 0 Å². The lowest BCUT2D eigenvalue weighted by molar-refractivity contribution is 0.148. The van der Waals surface area contributed by atoms with Crippen LogP contribution in [0.5, 0.6) is 0 Å². The maximum Gasteiger partial charge on any atom is 0.0518 e. The van der Waals surface area contributed by atoms with Crippen molar-refractivity contribution in [3.63, 3.8) is 0 Å². The number of hydrogen-bond donors (Lipinski definition) is 1. The minimum Gasteiger partial charge on any atom is -0.308 e. The van der Waals surface area contributed by atoms with Crippen molar-refractivity contribution in [3.8, 4) is 0 Å². The van der Waals surface area contributed by atoms with E-state index in [-0.39, 0.29) is 0 Å². The zero-order valence-corrected chi connectivity index (χ0v) is 11.5. The Morgan fingerprint density at radius 1 is 1.53 bits per heavy atom. The first-order chi connectivity index (χ1) is 7.98. The van der Waals surface area contributed by atoms with Gasteiger partial charge in [-0.2, -0.15) is 5.10 Å². The van der Waals surface area contributed by atoms with Crippen LogP contribution in [-0.4, -0.2) is 15.8 Å².